The van der Waals surface area contributed by atoms with Crippen LogP contribution in [-0.2, 0) is 12.8 Å². The molecular weight excluding hydrogens is 364 g/mol. The molecule has 28 heavy (non-hydrogen) atoms. The number of nitrogens with zero attached hydrogens (tertiary/aromatic N) is 6. The average Bonchev–Trinajstić information content (AvgIpc) is 3.07. The number of hydrogen-bond acceptors (Lipinski definition) is 5. The Balaban J connectivity index is 1.73. The Hall–Kier alpha value is -3.82. The lowest BCUT2D eigenvalue weighted by Gasteiger charge is -2.16. The van der Waals surface area contributed by atoms with Crippen molar-refractivity contribution in [1.29, 1.82) is 0 Å². The third kappa shape index (κ3) is 3.27. The van der Waals surface area contributed by atoms with Crippen LogP contribution < -0.4 is 4.79 Å². The quantitative estimate of drug-likeness (QED) is 0.382. The van der Waals surface area contributed by atoms with Gasteiger partial charge in [-0.15, -0.1) is 4.80 Å². The highest BCUT2D eigenvalue weighted by atomic mass is 16.6. The van der Waals surface area contributed by atoms with Gasteiger partial charge in [0, 0.05) is 42.8 Å². The van der Waals surface area contributed by atoms with Gasteiger partial charge in [-0.1, -0.05) is 0 Å². The summed E-state index contributed by atoms with van der Waals surface area (Å²) in [6, 6.07) is 12.0. The molecule has 1 aliphatic rings. The van der Waals surface area contributed by atoms with Crippen molar-refractivity contribution in [2.75, 3.05) is 0 Å². The fourth-order valence-corrected chi connectivity index (χ4v) is 3.20. The zero-order valence-electron chi connectivity index (χ0n) is 14.8. The first-order valence-electron chi connectivity index (χ1n) is 8.77. The number of aryl methyl sites for hydroxylation is 1. The van der Waals surface area contributed by atoms with Gasteiger partial charge in [0.1, 0.15) is 0 Å². The number of non-ortho nitro benzene ring substituents is 2. The Labute approximate surface area is 159 Å². The van der Waals surface area contributed by atoms with Crippen LogP contribution in [0.3, 0.4) is 0 Å². The van der Waals surface area contributed by atoms with Crippen LogP contribution in [0.25, 0.3) is 11.1 Å². The lowest BCUT2D eigenvalue weighted by atomic mass is 10.0. The summed E-state index contributed by atoms with van der Waals surface area (Å²) >= 11 is 0. The third-order valence-corrected chi connectivity index (χ3v) is 4.61. The second kappa shape index (κ2) is 7.06. The first kappa shape index (κ1) is 17.6. The molecule has 2 aromatic carbocycles. The van der Waals surface area contributed by atoms with Crippen molar-refractivity contribution in [3.63, 3.8) is 0 Å². The molecule has 0 atom stereocenters. The molecule has 0 radical (unpaired) electrons. The van der Waals surface area contributed by atoms with Crippen LogP contribution in [0.2, 0.25) is 0 Å². The Kier molecular flexibility index (Phi) is 4.44. The molecule has 0 aliphatic heterocycles. The molecule has 10 heteroatoms. The first-order chi connectivity index (χ1) is 13.5. The molecule has 10 nitrogen and oxygen atoms in total. The number of fused-ring (bicyclic) bond motifs is 1. The summed E-state index contributed by atoms with van der Waals surface area (Å²) in [5.74, 6) is 0. The molecule has 0 spiro atoms. The number of nitro benzene ring substituents is 2. The molecule has 142 valence electrons. The van der Waals surface area contributed by atoms with Crippen molar-refractivity contribution < 1.29 is 14.6 Å². The summed E-state index contributed by atoms with van der Waals surface area (Å²) in [6.45, 7) is 0. The minimum atomic E-state index is -0.458. The highest BCUT2D eigenvalue weighted by Gasteiger charge is 2.24. The van der Waals surface area contributed by atoms with Gasteiger partial charge in [-0.2, -0.15) is 4.79 Å². The largest absolute Gasteiger partial charge is 0.271 e. The predicted octanol–water partition coefficient (Wildman–Crippen LogP) is 3.32. The molecule has 0 saturated heterocycles. The van der Waals surface area contributed by atoms with Crippen molar-refractivity contribution in [3.8, 4) is 5.69 Å². The summed E-state index contributed by atoms with van der Waals surface area (Å²) in [5.41, 5.74) is 7.71. The minimum absolute atomic E-state index is 0.000438. The average molecular weight is 380 g/mol. The fourth-order valence-electron chi connectivity index (χ4n) is 3.20. The second-order valence-corrected chi connectivity index (χ2v) is 6.43. The molecule has 1 aromatic heterocycles. The minimum Gasteiger partial charge on any atom is -0.271 e. The number of nitro groups is 2. The maximum Gasteiger partial charge on any atom is 0.269 e. The number of aromatic nitrogens is 3. The highest BCUT2D eigenvalue weighted by Crippen LogP contribution is 2.24. The number of benzene rings is 2. The van der Waals surface area contributed by atoms with Crippen molar-refractivity contribution >= 4 is 17.1 Å². The van der Waals surface area contributed by atoms with Crippen molar-refractivity contribution in [2.24, 2.45) is 0 Å². The standard InChI is InChI=1S/C18H16N6O4/c25-23(26)15-7-5-13(6-8-15)19-22-18-4-2-1-3-17(18)20-21(22)14-9-11-16(12-10-14)24(27)28/h5-12H,1-4H2. The Morgan fingerprint density at radius 1 is 0.893 bits per heavy atom. The van der Waals surface area contributed by atoms with E-state index in [1.54, 1.807) is 33.9 Å². The van der Waals surface area contributed by atoms with Gasteiger partial charge in [0.2, 0.25) is 0 Å². The predicted molar refractivity (Wildman–Crippen MR) is 98.6 cm³/mol. The van der Waals surface area contributed by atoms with Gasteiger partial charge in [0.15, 0.2) is 11.4 Å². The van der Waals surface area contributed by atoms with Gasteiger partial charge in [0.05, 0.1) is 9.85 Å². The molecule has 0 amide bonds. The van der Waals surface area contributed by atoms with E-state index in [0.717, 1.165) is 37.1 Å². The smallest absolute Gasteiger partial charge is 0.269 e. The molecular formula is C18H16N6O4. The first-order valence-corrected chi connectivity index (χ1v) is 8.77. The summed E-state index contributed by atoms with van der Waals surface area (Å²) in [6.07, 6.45) is 3.72. The summed E-state index contributed by atoms with van der Waals surface area (Å²) < 4.78 is 0. The van der Waals surface area contributed by atoms with Crippen LogP contribution >= 0.6 is 0 Å². The van der Waals surface area contributed by atoms with Crippen LogP contribution in [0, 0.1) is 20.2 Å². The van der Waals surface area contributed by atoms with Crippen LogP contribution in [0.4, 0.5) is 17.1 Å². The fraction of sp³-hybridized carbons (Fsp3) is 0.222. The van der Waals surface area contributed by atoms with Crippen molar-refractivity contribution in [3.05, 3.63) is 85.6 Å². The van der Waals surface area contributed by atoms with Crippen LogP contribution in [0.15, 0.2) is 48.5 Å². The van der Waals surface area contributed by atoms with E-state index in [2.05, 4.69) is 10.5 Å². The molecule has 3 aromatic rings. The maximum atomic E-state index is 10.9. The lowest BCUT2D eigenvalue weighted by molar-refractivity contribution is -0.707. The molecule has 1 heterocycles. The molecule has 0 saturated carbocycles. The number of rotatable bonds is 5. The van der Waals surface area contributed by atoms with E-state index < -0.39 is 9.85 Å². The van der Waals surface area contributed by atoms with E-state index in [1.165, 1.54) is 24.3 Å². The summed E-state index contributed by atoms with van der Waals surface area (Å²) in [4.78, 5) is 24.1. The van der Waals surface area contributed by atoms with Crippen molar-refractivity contribution in [1.82, 2.24) is 9.90 Å². The van der Waals surface area contributed by atoms with Crippen LogP contribution in [-0.4, -0.2) is 19.7 Å². The topological polar surface area (TPSA) is 122 Å². The van der Waals surface area contributed by atoms with Gasteiger partial charge < -0.3 is 0 Å². The van der Waals surface area contributed by atoms with E-state index in [0.29, 0.717) is 11.4 Å². The van der Waals surface area contributed by atoms with E-state index in [9.17, 15) is 20.2 Å². The van der Waals surface area contributed by atoms with E-state index in [-0.39, 0.29) is 11.4 Å². The molecule has 1 aliphatic carbocycles. The Morgan fingerprint density at radius 3 is 2.07 bits per heavy atom. The highest BCUT2D eigenvalue weighted by molar-refractivity contribution is 5.50. The SMILES string of the molecule is O=[N+]([O-])c1ccc([N-][n+]2c3c(nn2-c2ccc([N+](=O)[O-])cc2)CCCC3)cc1. The van der Waals surface area contributed by atoms with E-state index in [1.807, 2.05) is 0 Å². The zero-order chi connectivity index (χ0) is 19.7. The summed E-state index contributed by atoms with van der Waals surface area (Å²) in [5, 5.41) is 26.4. The van der Waals surface area contributed by atoms with E-state index in [4.69, 9.17) is 0 Å². The summed E-state index contributed by atoms with van der Waals surface area (Å²) in [7, 11) is 0. The van der Waals surface area contributed by atoms with E-state index >= 15 is 0 Å². The molecule has 0 fully saturated rings. The molecule has 4 rings (SSSR count). The van der Waals surface area contributed by atoms with Crippen LogP contribution in [0.1, 0.15) is 24.2 Å². The molecule has 0 unspecified atom stereocenters. The van der Waals surface area contributed by atoms with Gasteiger partial charge in [-0.25, -0.2) is 0 Å². The maximum absolute atomic E-state index is 10.9. The molecule has 0 bridgehead atoms. The Morgan fingerprint density at radius 2 is 1.46 bits per heavy atom. The van der Waals surface area contributed by atoms with Gasteiger partial charge in [0.25, 0.3) is 11.4 Å². The monoisotopic (exact) mass is 380 g/mol. The van der Waals surface area contributed by atoms with Crippen molar-refractivity contribution in [2.45, 2.75) is 25.7 Å². The normalized spacial score (nSPS) is 13.0. The van der Waals surface area contributed by atoms with Gasteiger partial charge in [-0.05, 0) is 47.9 Å². The van der Waals surface area contributed by atoms with Gasteiger partial charge >= 0.3 is 0 Å². The Bertz CT molecular complexity index is 1040. The second-order valence-electron chi connectivity index (χ2n) is 6.43. The van der Waals surface area contributed by atoms with Gasteiger partial charge in [-0.3, -0.25) is 25.7 Å². The third-order valence-electron chi connectivity index (χ3n) is 4.61. The lowest BCUT2D eigenvalue weighted by Crippen LogP contribution is -2.42. The zero-order valence-corrected chi connectivity index (χ0v) is 14.8. The van der Waals surface area contributed by atoms with Crippen LogP contribution in [0.5, 0.6) is 0 Å². The molecule has 0 N–H and O–H groups in total. The number of hydrogen-bond donors (Lipinski definition) is 0.